The molecule has 1 atom stereocenters. The summed E-state index contributed by atoms with van der Waals surface area (Å²) in [6.07, 6.45) is -1.24. The maximum absolute atomic E-state index is 12.5. The molecule has 0 aliphatic carbocycles. The third kappa shape index (κ3) is 12.8. The molecule has 0 spiro atoms. The predicted molar refractivity (Wildman–Crippen MR) is 39.3 cm³/mol. The Kier molecular flexibility index (Phi) is 10.1. The Hall–Kier alpha value is 0.770. The molecule has 0 amide bonds. The fraction of sp³-hybridized carbons (Fsp3) is 1.00. The van der Waals surface area contributed by atoms with E-state index in [2.05, 4.69) is 0 Å². The molecule has 0 aliphatic heterocycles. The molecular formula is C6H11F2NaO3S. The van der Waals surface area contributed by atoms with Crippen LogP contribution in [0.4, 0.5) is 8.78 Å². The number of hydrogen-bond donors (Lipinski definition) is 0. The molecule has 0 bridgehead atoms. The van der Waals surface area contributed by atoms with E-state index in [9.17, 15) is 21.8 Å². The van der Waals surface area contributed by atoms with E-state index >= 15 is 0 Å². The number of alkyl halides is 2. The summed E-state index contributed by atoms with van der Waals surface area (Å²) in [6.45, 7) is -0.545. The predicted octanol–water partition coefficient (Wildman–Crippen LogP) is -1.99. The molecule has 7 heteroatoms. The summed E-state index contributed by atoms with van der Waals surface area (Å²) in [5.41, 5.74) is 0. The van der Waals surface area contributed by atoms with Crippen molar-refractivity contribution in [3.8, 4) is 0 Å². The second kappa shape index (κ2) is 8.11. The second-order valence-corrected chi connectivity index (χ2v) is 3.96. The van der Waals surface area contributed by atoms with E-state index in [1.165, 1.54) is 0 Å². The normalized spacial score (nSPS) is 13.5. The zero-order valence-electron chi connectivity index (χ0n) is 7.50. The van der Waals surface area contributed by atoms with Gasteiger partial charge in [0.05, 0.1) is 22.5 Å². The van der Waals surface area contributed by atoms with Crippen LogP contribution in [0.2, 0.25) is 0 Å². The molecular weight excluding hydrogens is 213 g/mol. The maximum atomic E-state index is 12.5. The smallest absolute Gasteiger partial charge is 0.748 e. The first-order chi connectivity index (χ1) is 5.45. The molecule has 0 saturated heterocycles. The van der Waals surface area contributed by atoms with Crippen LogP contribution < -0.4 is 29.6 Å². The fourth-order valence-corrected chi connectivity index (χ4v) is 1.37. The average molecular weight is 224 g/mol. The van der Waals surface area contributed by atoms with Crippen molar-refractivity contribution in [3.05, 3.63) is 0 Å². The molecule has 0 aromatic rings. The van der Waals surface area contributed by atoms with E-state index < -0.39 is 28.7 Å². The van der Waals surface area contributed by atoms with Crippen LogP contribution in [0.15, 0.2) is 0 Å². The van der Waals surface area contributed by atoms with Gasteiger partial charge >= 0.3 is 29.6 Å². The van der Waals surface area contributed by atoms with Crippen LogP contribution in [0.25, 0.3) is 0 Å². The van der Waals surface area contributed by atoms with Crippen molar-refractivity contribution < 1.29 is 51.3 Å². The van der Waals surface area contributed by atoms with Crippen molar-refractivity contribution in [3.63, 3.8) is 0 Å². The van der Waals surface area contributed by atoms with Crippen LogP contribution in [0.1, 0.15) is 19.3 Å². The molecule has 74 valence electrons. The van der Waals surface area contributed by atoms with Crippen LogP contribution in [0.5, 0.6) is 0 Å². The first kappa shape index (κ1) is 16.2. The van der Waals surface area contributed by atoms with Crippen LogP contribution >= 0.6 is 0 Å². The molecule has 0 saturated carbocycles. The van der Waals surface area contributed by atoms with E-state index in [0.717, 1.165) is 0 Å². The third-order valence-corrected chi connectivity index (χ3v) is 2.06. The van der Waals surface area contributed by atoms with Crippen LogP contribution in [-0.4, -0.2) is 31.6 Å². The molecule has 0 aromatic heterocycles. The molecule has 0 rings (SSSR count). The Morgan fingerprint density at radius 2 is 1.85 bits per heavy atom. The van der Waals surface area contributed by atoms with Crippen molar-refractivity contribution in [1.82, 2.24) is 0 Å². The number of hydrogen-bond acceptors (Lipinski definition) is 3. The monoisotopic (exact) mass is 224 g/mol. The zero-order chi connectivity index (χ0) is 9.61. The molecule has 0 radical (unpaired) electrons. The van der Waals surface area contributed by atoms with Crippen LogP contribution in [0, 0.1) is 0 Å². The Morgan fingerprint density at radius 3 is 2.23 bits per heavy atom. The molecule has 0 aromatic carbocycles. The zero-order valence-corrected chi connectivity index (χ0v) is 10.3. The quantitative estimate of drug-likeness (QED) is 0.298. The van der Waals surface area contributed by atoms with Crippen molar-refractivity contribution in [2.45, 2.75) is 25.4 Å². The summed E-state index contributed by atoms with van der Waals surface area (Å²) >= 11 is 0. The van der Waals surface area contributed by atoms with Crippen molar-refractivity contribution in [2.75, 3.05) is 12.4 Å². The Morgan fingerprint density at radius 1 is 1.31 bits per heavy atom. The fourth-order valence-electron chi connectivity index (χ4n) is 0.765. The topological polar surface area (TPSA) is 57.2 Å². The van der Waals surface area contributed by atoms with Gasteiger partial charge in [-0.2, -0.15) is 0 Å². The minimum absolute atomic E-state index is 0. The van der Waals surface area contributed by atoms with Gasteiger partial charge in [-0.15, -0.1) is 0 Å². The van der Waals surface area contributed by atoms with Crippen molar-refractivity contribution in [2.24, 2.45) is 0 Å². The minimum Gasteiger partial charge on any atom is -0.748 e. The van der Waals surface area contributed by atoms with Gasteiger partial charge in [-0.25, -0.2) is 12.8 Å². The first-order valence-electron chi connectivity index (χ1n) is 3.59. The maximum Gasteiger partial charge on any atom is 1.00 e. The summed E-state index contributed by atoms with van der Waals surface area (Å²) in [7, 11) is -4.48. The standard InChI is InChI=1S/C6H12F2O3S.Na/c7-4-2-1-3-6(8)5-12(9,10)11;/h6H,1-5H2,(H,9,10,11);/q;+1/p-1. The van der Waals surface area contributed by atoms with E-state index in [-0.39, 0.29) is 48.8 Å². The molecule has 0 aliphatic rings. The number of rotatable bonds is 6. The van der Waals surface area contributed by atoms with E-state index in [0.29, 0.717) is 0 Å². The minimum atomic E-state index is -4.48. The second-order valence-electron chi connectivity index (χ2n) is 2.51. The SMILES string of the molecule is O=S(=O)([O-])CC(F)CCCCF.[Na+]. The van der Waals surface area contributed by atoms with Crippen molar-refractivity contribution in [1.29, 1.82) is 0 Å². The summed E-state index contributed by atoms with van der Waals surface area (Å²) in [6, 6.07) is 0. The van der Waals surface area contributed by atoms with Crippen LogP contribution in [0.3, 0.4) is 0 Å². The van der Waals surface area contributed by atoms with Gasteiger partial charge in [0.15, 0.2) is 0 Å². The summed E-state index contributed by atoms with van der Waals surface area (Å²) in [5.74, 6) is -1.00. The Labute approximate surface area is 98.9 Å². The summed E-state index contributed by atoms with van der Waals surface area (Å²) in [4.78, 5) is 0. The molecule has 0 heterocycles. The van der Waals surface area contributed by atoms with Gasteiger partial charge < -0.3 is 4.55 Å². The van der Waals surface area contributed by atoms with Gasteiger partial charge in [0.25, 0.3) is 0 Å². The number of unbranched alkanes of at least 4 members (excludes halogenated alkanes) is 1. The largest absolute Gasteiger partial charge is 1.00 e. The van der Waals surface area contributed by atoms with E-state index in [1.807, 2.05) is 0 Å². The summed E-state index contributed by atoms with van der Waals surface area (Å²) in [5, 5.41) is 0. The van der Waals surface area contributed by atoms with Gasteiger partial charge in [0.2, 0.25) is 0 Å². The first-order valence-corrected chi connectivity index (χ1v) is 5.17. The third-order valence-electron chi connectivity index (χ3n) is 1.29. The van der Waals surface area contributed by atoms with Gasteiger partial charge in [-0.05, 0) is 19.3 Å². The van der Waals surface area contributed by atoms with Crippen LogP contribution in [-0.2, 0) is 10.1 Å². The molecule has 13 heavy (non-hydrogen) atoms. The van der Waals surface area contributed by atoms with Gasteiger partial charge in [-0.1, -0.05) is 0 Å². The Balaban J connectivity index is 0. The molecule has 3 nitrogen and oxygen atoms in total. The van der Waals surface area contributed by atoms with Gasteiger partial charge in [-0.3, -0.25) is 4.39 Å². The van der Waals surface area contributed by atoms with E-state index in [1.54, 1.807) is 0 Å². The van der Waals surface area contributed by atoms with E-state index in [4.69, 9.17) is 0 Å². The Bertz CT molecular complexity index is 208. The number of halogens is 2. The molecule has 0 N–H and O–H groups in total. The molecule has 1 unspecified atom stereocenters. The molecule has 0 fully saturated rings. The van der Waals surface area contributed by atoms with Crippen molar-refractivity contribution >= 4 is 10.1 Å². The summed E-state index contributed by atoms with van der Waals surface area (Å²) < 4.78 is 54.0. The van der Waals surface area contributed by atoms with Gasteiger partial charge in [0.1, 0.15) is 6.17 Å². The average Bonchev–Trinajstić information content (AvgIpc) is 1.84. The van der Waals surface area contributed by atoms with Gasteiger partial charge in [0, 0.05) is 0 Å².